The topological polar surface area (TPSA) is 110 Å². The zero-order valence-electron chi connectivity index (χ0n) is 40.7. The first-order valence-corrected chi connectivity index (χ1v) is 26.9. The van der Waals surface area contributed by atoms with Crippen LogP contribution < -0.4 is 5.32 Å². The van der Waals surface area contributed by atoms with Gasteiger partial charge in [0.25, 0.3) is 0 Å². The van der Waals surface area contributed by atoms with E-state index in [0.29, 0.717) is 19.3 Å². The number of unbranched alkanes of at least 4 members (excludes halogenated alkanes) is 34. The third-order valence-electron chi connectivity index (χ3n) is 12.6. The fourth-order valence-corrected chi connectivity index (χ4v) is 8.32. The third kappa shape index (κ3) is 43.6. The van der Waals surface area contributed by atoms with Crippen molar-refractivity contribution in [3.05, 3.63) is 36.5 Å². The van der Waals surface area contributed by atoms with Crippen LogP contribution in [0, 0.1) is 0 Å². The van der Waals surface area contributed by atoms with E-state index in [2.05, 4.69) is 55.6 Å². The smallest absolute Gasteiger partial charge is 0.249 e. The van der Waals surface area contributed by atoms with E-state index in [1.165, 1.54) is 193 Å². The first-order chi connectivity index (χ1) is 30.0. The average Bonchev–Trinajstić information content (AvgIpc) is 3.26. The standard InChI is InChI=1S/C55H105NO5/c1-3-5-7-9-11-13-15-17-19-21-22-23-24-25-26-27-28-29-30-31-32-33-35-37-39-41-43-45-47-49-53(59)55(61)56-51(50-57)54(60)52(58)48-46-44-42-40-38-36-34-20-18-16-14-12-10-8-6-4-2/h12,14,20,34,40,42,51-54,57-60H,3-11,13,15-19,21-33,35-39,41,43-50H2,1-2H3,(H,56,61)/b14-12+,34-20+,42-40+. The van der Waals surface area contributed by atoms with Gasteiger partial charge in [0.1, 0.15) is 12.2 Å². The Balaban J connectivity index is 3.62. The number of amides is 1. The summed E-state index contributed by atoms with van der Waals surface area (Å²) in [6.45, 7) is 4.03. The van der Waals surface area contributed by atoms with E-state index in [4.69, 9.17) is 0 Å². The summed E-state index contributed by atoms with van der Waals surface area (Å²) in [7, 11) is 0. The van der Waals surface area contributed by atoms with Crippen molar-refractivity contribution in [2.75, 3.05) is 6.61 Å². The molecule has 360 valence electrons. The van der Waals surface area contributed by atoms with Crippen LogP contribution in [0.3, 0.4) is 0 Å². The molecule has 6 nitrogen and oxygen atoms in total. The molecule has 6 heteroatoms. The number of rotatable bonds is 49. The number of aliphatic hydroxyl groups excluding tert-OH is 4. The minimum absolute atomic E-state index is 0.362. The van der Waals surface area contributed by atoms with Gasteiger partial charge in [-0.25, -0.2) is 0 Å². The van der Waals surface area contributed by atoms with Crippen LogP contribution in [-0.2, 0) is 4.79 Å². The Kier molecular flexibility index (Phi) is 48.3. The van der Waals surface area contributed by atoms with Crippen LogP contribution in [0.4, 0.5) is 0 Å². The van der Waals surface area contributed by atoms with Crippen LogP contribution in [0.1, 0.15) is 277 Å². The van der Waals surface area contributed by atoms with Gasteiger partial charge in [-0.05, 0) is 64.2 Å². The van der Waals surface area contributed by atoms with E-state index in [1.54, 1.807) is 0 Å². The van der Waals surface area contributed by atoms with Gasteiger partial charge < -0.3 is 25.7 Å². The van der Waals surface area contributed by atoms with Crippen LogP contribution in [0.15, 0.2) is 36.5 Å². The number of allylic oxidation sites excluding steroid dienone is 6. The molecule has 4 atom stereocenters. The van der Waals surface area contributed by atoms with Gasteiger partial charge in [0.05, 0.1) is 18.8 Å². The molecule has 0 heterocycles. The van der Waals surface area contributed by atoms with Crippen molar-refractivity contribution in [1.29, 1.82) is 0 Å². The van der Waals surface area contributed by atoms with Crippen molar-refractivity contribution in [2.24, 2.45) is 0 Å². The molecule has 0 aromatic carbocycles. The normalized spacial score (nSPS) is 14.1. The fraction of sp³-hybridized carbons (Fsp3) is 0.873. The summed E-state index contributed by atoms with van der Waals surface area (Å²) >= 11 is 0. The van der Waals surface area contributed by atoms with Gasteiger partial charge in [0.2, 0.25) is 5.91 Å². The van der Waals surface area contributed by atoms with E-state index in [9.17, 15) is 25.2 Å². The van der Waals surface area contributed by atoms with Crippen molar-refractivity contribution in [3.8, 4) is 0 Å². The van der Waals surface area contributed by atoms with Crippen molar-refractivity contribution < 1.29 is 25.2 Å². The summed E-state index contributed by atoms with van der Waals surface area (Å²) in [5.74, 6) is -0.596. The second-order valence-corrected chi connectivity index (χ2v) is 18.6. The summed E-state index contributed by atoms with van der Waals surface area (Å²) < 4.78 is 0. The molecule has 0 aliphatic carbocycles. The number of carbonyl (C=O) groups excluding carboxylic acids is 1. The largest absolute Gasteiger partial charge is 0.394 e. The Hall–Kier alpha value is -1.47. The van der Waals surface area contributed by atoms with Gasteiger partial charge in [-0.3, -0.25) is 4.79 Å². The fourth-order valence-electron chi connectivity index (χ4n) is 8.32. The molecule has 0 saturated carbocycles. The molecule has 1 amide bonds. The molecule has 0 radical (unpaired) electrons. The molecule has 61 heavy (non-hydrogen) atoms. The highest BCUT2D eigenvalue weighted by Crippen LogP contribution is 2.17. The number of aliphatic hydroxyl groups is 4. The van der Waals surface area contributed by atoms with Crippen molar-refractivity contribution >= 4 is 5.91 Å². The molecule has 5 N–H and O–H groups in total. The molecule has 0 aromatic heterocycles. The third-order valence-corrected chi connectivity index (χ3v) is 12.6. The van der Waals surface area contributed by atoms with Crippen LogP contribution in [0.2, 0.25) is 0 Å². The minimum Gasteiger partial charge on any atom is -0.394 e. The average molecular weight is 860 g/mol. The summed E-state index contributed by atoms with van der Waals surface area (Å²) in [5, 5.41) is 43.8. The molecule has 0 spiro atoms. The number of carbonyl (C=O) groups is 1. The molecule has 0 saturated heterocycles. The van der Waals surface area contributed by atoms with E-state index in [-0.39, 0.29) is 0 Å². The van der Waals surface area contributed by atoms with Crippen molar-refractivity contribution in [2.45, 2.75) is 301 Å². The lowest BCUT2D eigenvalue weighted by Gasteiger charge is -2.27. The summed E-state index contributed by atoms with van der Waals surface area (Å²) in [5.41, 5.74) is 0. The van der Waals surface area contributed by atoms with E-state index in [0.717, 1.165) is 51.4 Å². The minimum atomic E-state index is -1.29. The van der Waals surface area contributed by atoms with Gasteiger partial charge in [-0.1, -0.05) is 249 Å². The highest BCUT2D eigenvalue weighted by molar-refractivity contribution is 5.80. The molecule has 0 fully saturated rings. The van der Waals surface area contributed by atoms with Crippen LogP contribution in [0.25, 0.3) is 0 Å². The summed E-state index contributed by atoms with van der Waals surface area (Å²) in [6, 6.07) is -1.01. The van der Waals surface area contributed by atoms with Gasteiger partial charge >= 0.3 is 0 Å². The number of hydrogen-bond donors (Lipinski definition) is 5. The lowest BCUT2D eigenvalue weighted by atomic mass is 10.00. The summed E-state index contributed by atoms with van der Waals surface area (Å²) in [6.07, 6.45) is 60.7. The predicted molar refractivity (Wildman–Crippen MR) is 265 cm³/mol. The maximum Gasteiger partial charge on any atom is 0.249 e. The molecule has 4 unspecified atom stereocenters. The Morgan fingerprint density at radius 3 is 1.03 bits per heavy atom. The zero-order valence-corrected chi connectivity index (χ0v) is 40.7. The quantitative estimate of drug-likeness (QED) is 0.0309. The molecular formula is C55H105NO5. The van der Waals surface area contributed by atoms with Crippen LogP contribution in [-0.4, -0.2) is 57.3 Å². The van der Waals surface area contributed by atoms with Crippen molar-refractivity contribution in [3.63, 3.8) is 0 Å². The van der Waals surface area contributed by atoms with Gasteiger partial charge in [0, 0.05) is 0 Å². The molecule has 0 aromatic rings. The SMILES string of the molecule is CCCCC/C=C/CC/C=C/CC/C=C/CCCC(O)C(O)C(CO)NC(=O)C(O)CCCCCCCCCCCCCCCCCCCCCCCCCCCCCCC. The predicted octanol–water partition coefficient (Wildman–Crippen LogP) is 15.2. The molecule has 0 aliphatic heterocycles. The maximum absolute atomic E-state index is 12.6. The van der Waals surface area contributed by atoms with Gasteiger partial charge in [-0.15, -0.1) is 0 Å². The van der Waals surface area contributed by atoms with Crippen molar-refractivity contribution in [1.82, 2.24) is 5.32 Å². The van der Waals surface area contributed by atoms with Crippen LogP contribution in [0.5, 0.6) is 0 Å². The van der Waals surface area contributed by atoms with E-state index < -0.39 is 36.9 Å². The Morgan fingerprint density at radius 1 is 0.393 bits per heavy atom. The zero-order chi connectivity index (χ0) is 44.5. The summed E-state index contributed by atoms with van der Waals surface area (Å²) in [4.78, 5) is 12.6. The van der Waals surface area contributed by atoms with Gasteiger partial charge in [-0.2, -0.15) is 0 Å². The first-order valence-electron chi connectivity index (χ1n) is 26.9. The molecule has 0 rings (SSSR count). The number of nitrogens with one attached hydrogen (secondary N) is 1. The molecular weight excluding hydrogens is 755 g/mol. The maximum atomic E-state index is 12.6. The Morgan fingerprint density at radius 2 is 0.689 bits per heavy atom. The second kappa shape index (κ2) is 49.5. The lowest BCUT2D eigenvalue weighted by molar-refractivity contribution is -0.132. The van der Waals surface area contributed by atoms with E-state index in [1.807, 2.05) is 0 Å². The Labute approximate surface area is 379 Å². The molecule has 0 aliphatic rings. The number of hydrogen-bond acceptors (Lipinski definition) is 5. The second-order valence-electron chi connectivity index (χ2n) is 18.6. The first kappa shape index (κ1) is 59.5. The van der Waals surface area contributed by atoms with E-state index >= 15 is 0 Å². The Bertz CT molecular complexity index is 966. The molecule has 0 bridgehead atoms. The highest BCUT2D eigenvalue weighted by Gasteiger charge is 2.28. The monoisotopic (exact) mass is 860 g/mol. The highest BCUT2D eigenvalue weighted by atomic mass is 16.3. The van der Waals surface area contributed by atoms with Crippen LogP contribution >= 0.6 is 0 Å². The van der Waals surface area contributed by atoms with Gasteiger partial charge in [0.15, 0.2) is 0 Å². The lowest BCUT2D eigenvalue weighted by Crippen LogP contribution is -2.53.